The van der Waals surface area contributed by atoms with Crippen LogP contribution < -0.4 is 5.32 Å². The summed E-state index contributed by atoms with van der Waals surface area (Å²) in [5.41, 5.74) is 0. The molecule has 2 atom stereocenters. The van der Waals surface area contributed by atoms with Crippen LogP contribution in [-0.2, 0) is 14.3 Å². The van der Waals surface area contributed by atoms with Crippen LogP contribution >= 0.6 is 0 Å². The van der Waals surface area contributed by atoms with Gasteiger partial charge in [0.15, 0.2) is 0 Å². The highest BCUT2D eigenvalue weighted by Crippen LogP contribution is 2.16. The van der Waals surface area contributed by atoms with E-state index in [1.807, 2.05) is 6.08 Å². The zero-order valence-electron chi connectivity index (χ0n) is 42.8. The molecular formula is C58H109NO5. The summed E-state index contributed by atoms with van der Waals surface area (Å²) in [5, 5.41) is 23.0. The molecule has 0 rings (SSSR count). The van der Waals surface area contributed by atoms with Gasteiger partial charge in [0.2, 0.25) is 5.91 Å². The van der Waals surface area contributed by atoms with Gasteiger partial charge in [0, 0.05) is 12.8 Å². The van der Waals surface area contributed by atoms with Gasteiger partial charge in [-0.05, 0) is 83.5 Å². The van der Waals surface area contributed by atoms with Crippen molar-refractivity contribution in [2.75, 3.05) is 13.2 Å². The summed E-state index contributed by atoms with van der Waals surface area (Å²) in [6.45, 7) is 4.87. The smallest absolute Gasteiger partial charge is 0.305 e. The number of carbonyl (C=O) groups is 2. The Morgan fingerprint density at radius 2 is 0.734 bits per heavy atom. The standard InChI is InChI=1S/C58H109NO5/c1-3-5-7-9-11-13-15-16-28-32-36-40-44-48-52-58(63)64-53-49-45-41-37-33-29-26-24-22-20-18-17-19-21-23-25-27-31-35-39-43-47-51-57(62)59-55(54-60)56(61)50-46-42-38-34-30-14-12-10-8-6-4-2/h15-16,19,21,46,50,55-56,60-61H,3-14,17-18,20,22-45,47-49,51-54H2,1-2H3,(H,59,62)/b16-15-,21-19-,50-46+. The number of ether oxygens (including phenoxy) is 1. The number of rotatable bonds is 52. The Kier molecular flexibility index (Phi) is 52.1. The Hall–Kier alpha value is -1.92. The molecule has 0 aromatic rings. The van der Waals surface area contributed by atoms with Gasteiger partial charge in [-0.3, -0.25) is 9.59 Å². The third kappa shape index (κ3) is 49.5. The first kappa shape index (κ1) is 62.1. The van der Waals surface area contributed by atoms with Crippen molar-refractivity contribution in [3.8, 4) is 0 Å². The van der Waals surface area contributed by atoms with Gasteiger partial charge in [-0.15, -0.1) is 0 Å². The van der Waals surface area contributed by atoms with Crippen LogP contribution in [0.15, 0.2) is 36.5 Å². The third-order valence-electron chi connectivity index (χ3n) is 12.9. The molecule has 0 aromatic carbocycles. The van der Waals surface area contributed by atoms with E-state index in [9.17, 15) is 19.8 Å². The molecule has 0 aliphatic carbocycles. The van der Waals surface area contributed by atoms with Crippen LogP contribution in [0.1, 0.15) is 296 Å². The number of esters is 1. The lowest BCUT2D eigenvalue weighted by atomic mass is 10.0. The maximum absolute atomic E-state index is 12.4. The van der Waals surface area contributed by atoms with Gasteiger partial charge >= 0.3 is 5.97 Å². The molecule has 2 unspecified atom stereocenters. The van der Waals surface area contributed by atoms with Crippen molar-refractivity contribution in [3.05, 3.63) is 36.5 Å². The van der Waals surface area contributed by atoms with E-state index >= 15 is 0 Å². The summed E-state index contributed by atoms with van der Waals surface area (Å²) in [7, 11) is 0. The van der Waals surface area contributed by atoms with E-state index in [1.54, 1.807) is 6.08 Å². The minimum atomic E-state index is -0.847. The lowest BCUT2D eigenvalue weighted by Crippen LogP contribution is -2.45. The number of amides is 1. The highest BCUT2D eigenvalue weighted by Gasteiger charge is 2.18. The van der Waals surface area contributed by atoms with Crippen LogP contribution in [0.4, 0.5) is 0 Å². The second-order valence-electron chi connectivity index (χ2n) is 19.3. The van der Waals surface area contributed by atoms with Gasteiger partial charge in [0.25, 0.3) is 0 Å². The largest absolute Gasteiger partial charge is 0.466 e. The second-order valence-corrected chi connectivity index (χ2v) is 19.3. The molecule has 64 heavy (non-hydrogen) atoms. The van der Waals surface area contributed by atoms with Gasteiger partial charge in [-0.2, -0.15) is 0 Å². The number of aliphatic hydroxyl groups is 2. The first-order chi connectivity index (χ1) is 31.5. The molecule has 3 N–H and O–H groups in total. The molecule has 0 spiro atoms. The Morgan fingerprint density at radius 1 is 0.422 bits per heavy atom. The molecule has 376 valence electrons. The fraction of sp³-hybridized carbons (Fsp3) is 0.862. The minimum absolute atomic E-state index is 0.000337. The molecule has 0 bridgehead atoms. The van der Waals surface area contributed by atoms with Crippen LogP contribution in [0.25, 0.3) is 0 Å². The Balaban J connectivity index is 3.43. The molecule has 1 amide bonds. The van der Waals surface area contributed by atoms with Crippen molar-refractivity contribution in [2.45, 2.75) is 309 Å². The van der Waals surface area contributed by atoms with Crippen LogP contribution in [0.5, 0.6) is 0 Å². The van der Waals surface area contributed by atoms with E-state index in [0.717, 1.165) is 51.4 Å². The maximum Gasteiger partial charge on any atom is 0.305 e. The normalized spacial score (nSPS) is 12.9. The van der Waals surface area contributed by atoms with Gasteiger partial charge in [-0.1, -0.05) is 237 Å². The average molecular weight is 901 g/mol. The van der Waals surface area contributed by atoms with E-state index in [-0.39, 0.29) is 18.5 Å². The van der Waals surface area contributed by atoms with E-state index in [4.69, 9.17) is 4.74 Å². The lowest BCUT2D eigenvalue weighted by Gasteiger charge is -2.20. The fourth-order valence-corrected chi connectivity index (χ4v) is 8.50. The monoisotopic (exact) mass is 900 g/mol. The van der Waals surface area contributed by atoms with Gasteiger partial charge in [-0.25, -0.2) is 0 Å². The molecule has 0 aliphatic rings. The number of nitrogens with one attached hydrogen (secondary N) is 1. The van der Waals surface area contributed by atoms with Crippen molar-refractivity contribution >= 4 is 11.9 Å². The molecule has 0 fully saturated rings. The first-order valence-electron chi connectivity index (χ1n) is 28.3. The number of hydrogen-bond acceptors (Lipinski definition) is 5. The molecule has 0 saturated carbocycles. The second kappa shape index (κ2) is 53.7. The molecule has 0 aromatic heterocycles. The van der Waals surface area contributed by atoms with Crippen LogP contribution in [0, 0.1) is 0 Å². The summed E-state index contributed by atoms with van der Waals surface area (Å²) < 4.78 is 5.47. The number of aliphatic hydroxyl groups excluding tert-OH is 2. The summed E-state index contributed by atoms with van der Waals surface area (Å²) in [6, 6.07) is -0.631. The molecule has 0 radical (unpaired) electrons. The Morgan fingerprint density at radius 3 is 1.11 bits per heavy atom. The predicted molar refractivity (Wildman–Crippen MR) is 278 cm³/mol. The van der Waals surface area contributed by atoms with E-state index in [0.29, 0.717) is 19.4 Å². The maximum atomic E-state index is 12.4. The number of hydrogen-bond donors (Lipinski definition) is 3. The summed E-state index contributed by atoms with van der Waals surface area (Å²) in [4.78, 5) is 24.4. The minimum Gasteiger partial charge on any atom is -0.466 e. The first-order valence-corrected chi connectivity index (χ1v) is 28.3. The molecular weight excluding hydrogens is 791 g/mol. The number of carbonyl (C=O) groups excluding carboxylic acids is 2. The molecule has 0 saturated heterocycles. The third-order valence-corrected chi connectivity index (χ3v) is 12.9. The van der Waals surface area contributed by atoms with Crippen molar-refractivity contribution in [3.63, 3.8) is 0 Å². The van der Waals surface area contributed by atoms with Crippen molar-refractivity contribution < 1.29 is 24.5 Å². The summed E-state index contributed by atoms with van der Waals surface area (Å²) in [5.74, 6) is -0.0763. The summed E-state index contributed by atoms with van der Waals surface area (Å²) >= 11 is 0. The Bertz CT molecular complexity index is 1040. The highest BCUT2D eigenvalue weighted by molar-refractivity contribution is 5.76. The Labute approximate surface area is 398 Å². The lowest BCUT2D eigenvalue weighted by molar-refractivity contribution is -0.143. The quantitative estimate of drug-likeness (QED) is 0.0321. The van der Waals surface area contributed by atoms with Crippen molar-refractivity contribution in [1.82, 2.24) is 5.32 Å². The van der Waals surface area contributed by atoms with Crippen molar-refractivity contribution in [1.29, 1.82) is 0 Å². The van der Waals surface area contributed by atoms with Crippen LogP contribution in [0.3, 0.4) is 0 Å². The SMILES string of the molecule is CCCCCCC/C=C\CCCCCCCC(=O)OCCCCCCCCCCCCC/C=C\CCCCCCCCCC(=O)NC(CO)C(O)/C=C/CCCCCCCCCCC. The van der Waals surface area contributed by atoms with Gasteiger partial charge in [0.1, 0.15) is 0 Å². The number of unbranched alkanes of at least 4 members (excludes halogenated alkanes) is 37. The van der Waals surface area contributed by atoms with Crippen LogP contribution in [-0.4, -0.2) is 47.4 Å². The number of allylic oxidation sites excluding steroid dienone is 5. The molecule has 0 aliphatic heterocycles. The predicted octanol–water partition coefficient (Wildman–Crippen LogP) is 17.2. The highest BCUT2D eigenvalue weighted by atomic mass is 16.5. The van der Waals surface area contributed by atoms with E-state index in [1.165, 1.54) is 218 Å². The van der Waals surface area contributed by atoms with Crippen molar-refractivity contribution in [2.24, 2.45) is 0 Å². The molecule has 6 nitrogen and oxygen atoms in total. The fourth-order valence-electron chi connectivity index (χ4n) is 8.50. The van der Waals surface area contributed by atoms with E-state index in [2.05, 4.69) is 43.5 Å². The van der Waals surface area contributed by atoms with Gasteiger partial charge in [0.05, 0.1) is 25.4 Å². The zero-order valence-corrected chi connectivity index (χ0v) is 42.8. The topological polar surface area (TPSA) is 95.9 Å². The van der Waals surface area contributed by atoms with E-state index < -0.39 is 12.1 Å². The average Bonchev–Trinajstić information content (AvgIpc) is 3.29. The van der Waals surface area contributed by atoms with Crippen LogP contribution in [0.2, 0.25) is 0 Å². The molecule has 0 heterocycles. The van der Waals surface area contributed by atoms with Gasteiger partial charge < -0.3 is 20.3 Å². The summed E-state index contributed by atoms with van der Waals surface area (Å²) in [6.07, 6.45) is 66.0. The zero-order chi connectivity index (χ0) is 46.5. The molecule has 6 heteroatoms.